The molecule has 1 heterocycles. The van der Waals surface area contributed by atoms with E-state index in [1.165, 1.54) is 0 Å². The molecule has 0 saturated heterocycles. The van der Waals surface area contributed by atoms with Gasteiger partial charge in [0.15, 0.2) is 0 Å². The van der Waals surface area contributed by atoms with Crippen molar-refractivity contribution in [3.8, 4) is 0 Å². The SMILES string of the molecule is CC=CC(C)(C)c1cccc(C)n1. The minimum Gasteiger partial charge on any atom is -0.257 e. The number of aryl methyl sites for hydroxylation is 1. The van der Waals surface area contributed by atoms with E-state index < -0.39 is 0 Å². The van der Waals surface area contributed by atoms with E-state index in [0.29, 0.717) is 0 Å². The second-order valence-corrected chi connectivity index (χ2v) is 3.89. The van der Waals surface area contributed by atoms with Gasteiger partial charge in [-0.1, -0.05) is 32.1 Å². The Kier molecular flexibility index (Phi) is 2.86. The first kappa shape index (κ1) is 9.97. The number of nitrogens with zero attached hydrogens (tertiary/aromatic N) is 1. The van der Waals surface area contributed by atoms with Crippen molar-refractivity contribution in [1.29, 1.82) is 0 Å². The lowest BCUT2D eigenvalue weighted by Gasteiger charge is -2.19. The largest absolute Gasteiger partial charge is 0.257 e. The van der Waals surface area contributed by atoms with Crippen molar-refractivity contribution in [2.75, 3.05) is 0 Å². The van der Waals surface area contributed by atoms with E-state index in [4.69, 9.17) is 0 Å². The first-order valence-corrected chi connectivity index (χ1v) is 4.64. The summed E-state index contributed by atoms with van der Waals surface area (Å²) in [6, 6.07) is 6.16. The predicted molar refractivity (Wildman–Crippen MR) is 56.8 cm³/mol. The normalized spacial score (nSPS) is 12.3. The highest BCUT2D eigenvalue weighted by molar-refractivity contribution is 5.23. The van der Waals surface area contributed by atoms with Gasteiger partial charge in [0.2, 0.25) is 0 Å². The molecule has 0 aliphatic carbocycles. The molecule has 1 aromatic rings. The molecule has 0 fully saturated rings. The second-order valence-electron chi connectivity index (χ2n) is 3.89. The molecule has 0 unspecified atom stereocenters. The summed E-state index contributed by atoms with van der Waals surface area (Å²) in [5.41, 5.74) is 2.25. The number of allylic oxidation sites excluding steroid dienone is 2. The molecule has 0 atom stereocenters. The van der Waals surface area contributed by atoms with Crippen LogP contribution in [0.5, 0.6) is 0 Å². The molecule has 1 aromatic heterocycles. The van der Waals surface area contributed by atoms with E-state index in [9.17, 15) is 0 Å². The average Bonchev–Trinajstić information content (AvgIpc) is 2.04. The van der Waals surface area contributed by atoms with Crippen molar-refractivity contribution in [1.82, 2.24) is 4.98 Å². The quantitative estimate of drug-likeness (QED) is 0.629. The molecule has 0 N–H and O–H groups in total. The van der Waals surface area contributed by atoms with Crippen molar-refractivity contribution >= 4 is 0 Å². The van der Waals surface area contributed by atoms with Gasteiger partial charge >= 0.3 is 0 Å². The molecule has 0 aliphatic rings. The lowest BCUT2D eigenvalue weighted by atomic mass is 9.88. The number of hydrogen-bond donors (Lipinski definition) is 0. The topological polar surface area (TPSA) is 12.9 Å². The maximum atomic E-state index is 4.51. The van der Waals surface area contributed by atoms with Crippen molar-refractivity contribution in [2.45, 2.75) is 33.1 Å². The third-order valence-electron chi connectivity index (χ3n) is 2.13. The first-order valence-electron chi connectivity index (χ1n) is 4.64. The molecule has 0 radical (unpaired) electrons. The summed E-state index contributed by atoms with van der Waals surface area (Å²) in [6.07, 6.45) is 4.25. The number of pyridine rings is 1. The van der Waals surface area contributed by atoms with E-state index in [1.54, 1.807) is 0 Å². The van der Waals surface area contributed by atoms with Crippen LogP contribution in [-0.4, -0.2) is 4.98 Å². The Bertz CT molecular complexity index is 311. The van der Waals surface area contributed by atoms with Crippen molar-refractivity contribution in [3.05, 3.63) is 41.7 Å². The van der Waals surface area contributed by atoms with Gasteiger partial charge in [-0.3, -0.25) is 4.98 Å². The van der Waals surface area contributed by atoms with Crippen LogP contribution in [0.3, 0.4) is 0 Å². The highest BCUT2D eigenvalue weighted by atomic mass is 14.7. The van der Waals surface area contributed by atoms with Gasteiger partial charge in [-0.05, 0) is 26.0 Å². The lowest BCUT2D eigenvalue weighted by molar-refractivity contribution is 0.640. The Morgan fingerprint density at radius 2 is 2.00 bits per heavy atom. The summed E-state index contributed by atoms with van der Waals surface area (Å²) in [7, 11) is 0. The minimum absolute atomic E-state index is 0.0424. The third kappa shape index (κ3) is 2.41. The number of hydrogen-bond acceptors (Lipinski definition) is 1. The van der Waals surface area contributed by atoms with Crippen LogP contribution in [0, 0.1) is 6.92 Å². The molecule has 0 amide bonds. The first-order chi connectivity index (χ1) is 6.06. The van der Waals surface area contributed by atoms with E-state index in [0.717, 1.165) is 11.4 Å². The summed E-state index contributed by atoms with van der Waals surface area (Å²) in [5.74, 6) is 0. The van der Waals surface area contributed by atoms with Gasteiger partial charge in [0.05, 0.1) is 5.69 Å². The molecule has 13 heavy (non-hydrogen) atoms. The molecular weight excluding hydrogens is 158 g/mol. The van der Waals surface area contributed by atoms with E-state index in [1.807, 2.05) is 19.9 Å². The summed E-state index contributed by atoms with van der Waals surface area (Å²) in [6.45, 7) is 8.41. The summed E-state index contributed by atoms with van der Waals surface area (Å²) in [4.78, 5) is 4.51. The van der Waals surface area contributed by atoms with Crippen LogP contribution >= 0.6 is 0 Å². The van der Waals surface area contributed by atoms with E-state index in [-0.39, 0.29) is 5.41 Å². The molecular formula is C12H17N. The lowest BCUT2D eigenvalue weighted by Crippen LogP contribution is -2.15. The Morgan fingerprint density at radius 3 is 2.54 bits per heavy atom. The van der Waals surface area contributed by atoms with Gasteiger partial charge < -0.3 is 0 Å². The summed E-state index contributed by atoms with van der Waals surface area (Å²) in [5, 5.41) is 0. The van der Waals surface area contributed by atoms with Crippen LogP contribution in [-0.2, 0) is 5.41 Å². The molecule has 0 bridgehead atoms. The summed E-state index contributed by atoms with van der Waals surface area (Å²) >= 11 is 0. The fraction of sp³-hybridized carbons (Fsp3) is 0.417. The number of rotatable bonds is 2. The minimum atomic E-state index is 0.0424. The van der Waals surface area contributed by atoms with Crippen LogP contribution in [0.2, 0.25) is 0 Å². The van der Waals surface area contributed by atoms with Crippen LogP contribution < -0.4 is 0 Å². The number of aromatic nitrogens is 1. The van der Waals surface area contributed by atoms with Crippen molar-refractivity contribution in [2.24, 2.45) is 0 Å². The highest BCUT2D eigenvalue weighted by Crippen LogP contribution is 2.22. The van der Waals surface area contributed by atoms with Gasteiger partial charge in [-0.15, -0.1) is 0 Å². The molecule has 0 aliphatic heterocycles. The third-order valence-corrected chi connectivity index (χ3v) is 2.13. The molecule has 1 rings (SSSR count). The van der Waals surface area contributed by atoms with Gasteiger partial charge in [0, 0.05) is 11.1 Å². The maximum absolute atomic E-state index is 4.51. The average molecular weight is 175 g/mol. The molecule has 0 saturated carbocycles. The highest BCUT2D eigenvalue weighted by Gasteiger charge is 2.17. The zero-order valence-electron chi connectivity index (χ0n) is 8.83. The molecule has 70 valence electrons. The van der Waals surface area contributed by atoms with Gasteiger partial charge in [-0.2, -0.15) is 0 Å². The van der Waals surface area contributed by atoms with Crippen LogP contribution in [0.15, 0.2) is 30.4 Å². The molecule has 1 nitrogen and oxygen atoms in total. The van der Waals surface area contributed by atoms with Gasteiger partial charge in [0.1, 0.15) is 0 Å². The Hall–Kier alpha value is -1.11. The fourth-order valence-corrected chi connectivity index (χ4v) is 1.40. The predicted octanol–water partition coefficient (Wildman–Crippen LogP) is 3.24. The van der Waals surface area contributed by atoms with Gasteiger partial charge in [0.25, 0.3) is 0 Å². The van der Waals surface area contributed by atoms with Gasteiger partial charge in [-0.25, -0.2) is 0 Å². The van der Waals surface area contributed by atoms with Crippen LogP contribution in [0.4, 0.5) is 0 Å². The molecule has 1 heteroatoms. The second kappa shape index (κ2) is 3.73. The smallest absolute Gasteiger partial charge is 0.0500 e. The zero-order chi connectivity index (χ0) is 9.90. The van der Waals surface area contributed by atoms with Crippen LogP contribution in [0.1, 0.15) is 32.2 Å². The van der Waals surface area contributed by atoms with Crippen molar-refractivity contribution in [3.63, 3.8) is 0 Å². The van der Waals surface area contributed by atoms with Crippen molar-refractivity contribution < 1.29 is 0 Å². The fourth-order valence-electron chi connectivity index (χ4n) is 1.40. The zero-order valence-corrected chi connectivity index (χ0v) is 8.83. The maximum Gasteiger partial charge on any atom is 0.0500 e. The molecule has 0 aromatic carbocycles. The van der Waals surface area contributed by atoms with E-state index >= 15 is 0 Å². The Balaban J connectivity index is 3.07. The van der Waals surface area contributed by atoms with Crippen LogP contribution in [0.25, 0.3) is 0 Å². The summed E-state index contributed by atoms with van der Waals surface area (Å²) < 4.78 is 0. The monoisotopic (exact) mass is 175 g/mol. The molecule has 0 spiro atoms. The Labute approximate surface area is 80.5 Å². The standard InChI is InChI=1S/C12H17N/c1-5-9-12(3,4)11-8-6-7-10(2)13-11/h5-9H,1-4H3. The Morgan fingerprint density at radius 1 is 1.31 bits per heavy atom. The van der Waals surface area contributed by atoms with E-state index in [2.05, 4.69) is 43.1 Å².